The molecule has 2 rings (SSSR count). The van der Waals surface area contributed by atoms with Gasteiger partial charge in [0.15, 0.2) is 0 Å². The maximum atomic E-state index is 13.3. The van der Waals surface area contributed by atoms with Crippen LogP contribution in [0.2, 0.25) is 0 Å². The van der Waals surface area contributed by atoms with Crippen molar-refractivity contribution >= 4 is 17.3 Å². The van der Waals surface area contributed by atoms with Gasteiger partial charge in [-0.15, -0.1) is 0 Å². The van der Waals surface area contributed by atoms with Gasteiger partial charge in [0.2, 0.25) is 5.91 Å². The normalized spacial score (nSPS) is 10.3. The molecule has 2 aromatic carbocycles. The fourth-order valence-electron chi connectivity index (χ4n) is 1.64. The summed E-state index contributed by atoms with van der Waals surface area (Å²) in [6.07, 6.45) is 0. The molecule has 0 atom stereocenters. The molecule has 0 spiro atoms. The number of hydrogen-bond donors (Lipinski definition) is 2. The molecule has 21 heavy (non-hydrogen) atoms. The smallest absolute Gasteiger partial charge is 0.243 e. The Bertz CT molecular complexity index is 636. The molecule has 7 heteroatoms. The fourth-order valence-corrected chi connectivity index (χ4v) is 1.64. The number of nitrogens with one attached hydrogen (secondary N) is 2. The largest absolute Gasteiger partial charge is 0.371 e. The number of benzene rings is 2. The second-order valence-electron chi connectivity index (χ2n) is 4.10. The van der Waals surface area contributed by atoms with Crippen molar-refractivity contribution in [3.05, 3.63) is 59.7 Å². The molecule has 0 aliphatic rings. The van der Waals surface area contributed by atoms with Gasteiger partial charge in [0, 0.05) is 0 Å². The SMILES string of the molecule is O=C(CNc1c(F)cccc1F)Nc1c(F)cccc1F. The summed E-state index contributed by atoms with van der Waals surface area (Å²) in [6.45, 7) is -0.550. The lowest BCUT2D eigenvalue weighted by molar-refractivity contribution is -0.114. The van der Waals surface area contributed by atoms with Gasteiger partial charge in [-0.2, -0.15) is 0 Å². The Morgan fingerprint density at radius 3 is 1.71 bits per heavy atom. The molecule has 0 fully saturated rings. The molecule has 0 saturated carbocycles. The Hall–Kier alpha value is -2.57. The molecule has 0 radical (unpaired) electrons. The molecular weight excluding hydrogens is 288 g/mol. The predicted octanol–water partition coefficient (Wildman–Crippen LogP) is 3.29. The van der Waals surface area contributed by atoms with E-state index in [0.29, 0.717) is 0 Å². The van der Waals surface area contributed by atoms with E-state index in [1.165, 1.54) is 6.07 Å². The van der Waals surface area contributed by atoms with Gasteiger partial charge >= 0.3 is 0 Å². The molecule has 2 N–H and O–H groups in total. The zero-order chi connectivity index (χ0) is 15.4. The summed E-state index contributed by atoms with van der Waals surface area (Å²) in [7, 11) is 0. The third-order valence-corrected chi connectivity index (χ3v) is 2.62. The second kappa shape index (κ2) is 6.25. The number of para-hydroxylation sites is 2. The van der Waals surface area contributed by atoms with E-state index in [4.69, 9.17) is 0 Å². The Labute approximate surface area is 117 Å². The maximum absolute atomic E-state index is 13.3. The minimum Gasteiger partial charge on any atom is -0.371 e. The number of rotatable bonds is 4. The van der Waals surface area contributed by atoms with Crippen LogP contribution in [0.1, 0.15) is 0 Å². The molecule has 0 aliphatic carbocycles. The van der Waals surface area contributed by atoms with Crippen LogP contribution >= 0.6 is 0 Å². The lowest BCUT2D eigenvalue weighted by Crippen LogP contribution is -2.23. The van der Waals surface area contributed by atoms with Crippen molar-refractivity contribution in [2.75, 3.05) is 17.2 Å². The van der Waals surface area contributed by atoms with E-state index in [1.807, 2.05) is 5.32 Å². The average molecular weight is 298 g/mol. The highest BCUT2D eigenvalue weighted by molar-refractivity contribution is 5.94. The maximum Gasteiger partial charge on any atom is 0.243 e. The van der Waals surface area contributed by atoms with Crippen LogP contribution in [0.15, 0.2) is 36.4 Å². The Balaban J connectivity index is 2.03. The number of amides is 1. The van der Waals surface area contributed by atoms with Crippen LogP contribution in [-0.4, -0.2) is 12.5 Å². The second-order valence-corrected chi connectivity index (χ2v) is 4.10. The van der Waals surface area contributed by atoms with E-state index in [2.05, 4.69) is 5.32 Å². The molecular formula is C14H10F4N2O. The monoisotopic (exact) mass is 298 g/mol. The van der Waals surface area contributed by atoms with Crippen molar-refractivity contribution in [1.82, 2.24) is 0 Å². The first-order chi connectivity index (χ1) is 9.99. The molecule has 0 aliphatic heterocycles. The van der Waals surface area contributed by atoms with Crippen LogP contribution < -0.4 is 10.6 Å². The van der Waals surface area contributed by atoms with Crippen LogP contribution in [0.5, 0.6) is 0 Å². The number of anilines is 2. The molecule has 1 amide bonds. The first-order valence-electron chi connectivity index (χ1n) is 5.91. The van der Waals surface area contributed by atoms with Gasteiger partial charge < -0.3 is 10.6 Å². The molecule has 110 valence electrons. The quantitative estimate of drug-likeness (QED) is 0.850. The van der Waals surface area contributed by atoms with Crippen molar-refractivity contribution in [2.45, 2.75) is 0 Å². The van der Waals surface area contributed by atoms with Gasteiger partial charge in [-0.05, 0) is 24.3 Å². The third-order valence-electron chi connectivity index (χ3n) is 2.62. The van der Waals surface area contributed by atoms with Crippen LogP contribution in [0, 0.1) is 23.3 Å². The summed E-state index contributed by atoms with van der Waals surface area (Å²) in [6, 6.07) is 6.29. The summed E-state index contributed by atoms with van der Waals surface area (Å²) >= 11 is 0. The number of hydrogen-bond acceptors (Lipinski definition) is 2. The molecule has 0 bridgehead atoms. The highest BCUT2D eigenvalue weighted by atomic mass is 19.1. The highest BCUT2D eigenvalue weighted by Gasteiger charge is 2.13. The molecule has 0 aromatic heterocycles. The van der Waals surface area contributed by atoms with E-state index >= 15 is 0 Å². The summed E-state index contributed by atoms with van der Waals surface area (Å²) in [5.74, 6) is -4.48. The van der Waals surface area contributed by atoms with Crippen molar-refractivity contribution in [2.24, 2.45) is 0 Å². The van der Waals surface area contributed by atoms with Crippen molar-refractivity contribution in [1.29, 1.82) is 0 Å². The Morgan fingerprint density at radius 2 is 1.24 bits per heavy atom. The summed E-state index contributed by atoms with van der Waals surface area (Å²) in [5.41, 5.74) is -1.10. The highest BCUT2D eigenvalue weighted by Crippen LogP contribution is 2.19. The van der Waals surface area contributed by atoms with Gasteiger partial charge in [-0.1, -0.05) is 12.1 Å². The van der Waals surface area contributed by atoms with Gasteiger partial charge in [0.1, 0.15) is 34.6 Å². The minimum atomic E-state index is -0.944. The van der Waals surface area contributed by atoms with Crippen molar-refractivity contribution in [3.63, 3.8) is 0 Å². The van der Waals surface area contributed by atoms with E-state index in [9.17, 15) is 22.4 Å². The van der Waals surface area contributed by atoms with Gasteiger partial charge in [0.05, 0.1) is 6.54 Å². The van der Waals surface area contributed by atoms with Crippen molar-refractivity contribution in [3.8, 4) is 0 Å². The van der Waals surface area contributed by atoms with Crippen LogP contribution in [0.25, 0.3) is 0 Å². The first-order valence-corrected chi connectivity index (χ1v) is 5.91. The number of carbonyl (C=O) groups is 1. The van der Waals surface area contributed by atoms with Crippen LogP contribution in [0.4, 0.5) is 28.9 Å². The topological polar surface area (TPSA) is 41.1 Å². The van der Waals surface area contributed by atoms with Gasteiger partial charge in [-0.3, -0.25) is 4.79 Å². The van der Waals surface area contributed by atoms with E-state index in [0.717, 1.165) is 30.3 Å². The number of halogens is 4. The van der Waals surface area contributed by atoms with Crippen LogP contribution in [0.3, 0.4) is 0 Å². The zero-order valence-corrected chi connectivity index (χ0v) is 10.6. The van der Waals surface area contributed by atoms with Crippen molar-refractivity contribution < 1.29 is 22.4 Å². The summed E-state index contributed by atoms with van der Waals surface area (Å²) < 4.78 is 53.2. The average Bonchev–Trinajstić information content (AvgIpc) is 2.42. The molecule has 0 heterocycles. The molecule has 0 unspecified atom stereocenters. The zero-order valence-electron chi connectivity index (χ0n) is 10.6. The minimum absolute atomic E-state index is 0.485. The molecule has 0 saturated heterocycles. The molecule has 2 aromatic rings. The molecule has 3 nitrogen and oxygen atoms in total. The standard InChI is InChI=1S/C14H10F4N2O/c15-8-3-1-4-9(16)13(8)19-7-12(21)20-14-10(17)5-2-6-11(14)18/h1-6,19H,7H2,(H,20,21). The van der Waals surface area contributed by atoms with Gasteiger partial charge in [-0.25, -0.2) is 17.6 Å². The predicted molar refractivity (Wildman–Crippen MR) is 69.8 cm³/mol. The number of carbonyl (C=O) groups excluding carboxylic acids is 1. The lowest BCUT2D eigenvalue weighted by atomic mass is 10.2. The summed E-state index contributed by atoms with van der Waals surface area (Å²) in [5, 5.41) is 4.22. The van der Waals surface area contributed by atoms with E-state index < -0.39 is 47.1 Å². The third kappa shape index (κ3) is 3.50. The summed E-state index contributed by atoms with van der Waals surface area (Å²) in [4.78, 5) is 11.6. The van der Waals surface area contributed by atoms with E-state index in [1.54, 1.807) is 0 Å². The Kier molecular flexibility index (Phi) is 4.42. The lowest BCUT2D eigenvalue weighted by Gasteiger charge is -2.10. The fraction of sp³-hybridized carbons (Fsp3) is 0.0714. The van der Waals surface area contributed by atoms with E-state index in [-0.39, 0.29) is 0 Å². The first kappa shape index (κ1) is 14.8. The Morgan fingerprint density at radius 1 is 0.810 bits per heavy atom. The van der Waals surface area contributed by atoms with Gasteiger partial charge in [0.25, 0.3) is 0 Å². The van der Waals surface area contributed by atoms with Crippen LogP contribution in [-0.2, 0) is 4.79 Å².